The molecule has 0 spiro atoms. The van der Waals surface area contributed by atoms with Crippen LogP contribution >= 0.6 is 0 Å². The van der Waals surface area contributed by atoms with Crippen LogP contribution in [0.4, 0.5) is 0 Å². The van der Waals surface area contributed by atoms with Crippen molar-refractivity contribution in [1.29, 1.82) is 0 Å². The van der Waals surface area contributed by atoms with Crippen LogP contribution in [0.2, 0.25) is 0 Å². The van der Waals surface area contributed by atoms with E-state index in [2.05, 4.69) is 23.4 Å². The zero-order valence-electron chi connectivity index (χ0n) is 11.7. The van der Waals surface area contributed by atoms with Crippen molar-refractivity contribution in [2.45, 2.75) is 19.9 Å². The van der Waals surface area contributed by atoms with Crippen molar-refractivity contribution < 1.29 is 9.47 Å². The Morgan fingerprint density at radius 1 is 1.16 bits per heavy atom. The van der Waals surface area contributed by atoms with E-state index in [-0.39, 0.29) is 0 Å². The van der Waals surface area contributed by atoms with Crippen molar-refractivity contribution in [3.63, 3.8) is 0 Å². The number of hydrogen-bond acceptors (Lipinski definition) is 3. The molecule has 0 bridgehead atoms. The number of methoxy groups -OCH3 is 1. The fourth-order valence-electron chi connectivity index (χ4n) is 1.90. The Bertz CT molecular complexity index is 503. The normalized spacial score (nSPS) is 10.9. The van der Waals surface area contributed by atoms with Gasteiger partial charge in [-0.2, -0.15) is 0 Å². The van der Waals surface area contributed by atoms with Crippen LogP contribution in [0, 0.1) is 0 Å². The number of rotatable bonds is 6. The van der Waals surface area contributed by atoms with Gasteiger partial charge in [0.25, 0.3) is 0 Å². The van der Waals surface area contributed by atoms with E-state index in [1.165, 1.54) is 0 Å². The lowest BCUT2D eigenvalue weighted by Gasteiger charge is -2.12. The zero-order chi connectivity index (χ0) is 13.7. The summed E-state index contributed by atoms with van der Waals surface area (Å²) in [6, 6.07) is 8.39. The van der Waals surface area contributed by atoms with Crippen molar-refractivity contribution in [2.75, 3.05) is 20.3 Å². The molecule has 4 heteroatoms. The molecule has 0 unspecified atom stereocenters. The summed E-state index contributed by atoms with van der Waals surface area (Å²) in [6.45, 7) is 5.46. The number of hydrogen-bond donors (Lipinski definition) is 0. The van der Waals surface area contributed by atoms with Crippen molar-refractivity contribution in [2.24, 2.45) is 0 Å². The second kappa shape index (κ2) is 6.38. The van der Waals surface area contributed by atoms with Crippen LogP contribution in [-0.4, -0.2) is 29.9 Å². The minimum absolute atomic E-state index is 0.398. The topological polar surface area (TPSA) is 36.3 Å². The van der Waals surface area contributed by atoms with Crippen LogP contribution in [0.25, 0.3) is 11.4 Å². The number of benzene rings is 1. The van der Waals surface area contributed by atoms with Crippen molar-refractivity contribution in [3.05, 3.63) is 36.7 Å². The van der Waals surface area contributed by atoms with Crippen molar-refractivity contribution >= 4 is 0 Å². The van der Waals surface area contributed by atoms with Gasteiger partial charge in [0, 0.05) is 31.1 Å². The van der Waals surface area contributed by atoms with E-state index in [1.54, 1.807) is 7.11 Å². The molecule has 0 fully saturated rings. The number of nitrogens with zero attached hydrogens (tertiary/aromatic N) is 2. The van der Waals surface area contributed by atoms with E-state index in [4.69, 9.17) is 9.47 Å². The van der Waals surface area contributed by atoms with E-state index in [1.807, 2.05) is 36.7 Å². The van der Waals surface area contributed by atoms with Crippen LogP contribution in [0.15, 0.2) is 36.7 Å². The predicted octanol–water partition coefficient (Wildman–Crippen LogP) is 3.16. The molecular weight excluding hydrogens is 240 g/mol. The molecule has 2 aromatic rings. The minimum Gasteiger partial charge on any atom is -0.491 e. The summed E-state index contributed by atoms with van der Waals surface area (Å²) in [7, 11) is 1.66. The second-order valence-electron chi connectivity index (χ2n) is 4.62. The Balaban J connectivity index is 2.11. The smallest absolute Gasteiger partial charge is 0.140 e. The van der Waals surface area contributed by atoms with Gasteiger partial charge in [0.15, 0.2) is 0 Å². The molecule has 0 aliphatic carbocycles. The van der Waals surface area contributed by atoms with Gasteiger partial charge < -0.3 is 14.0 Å². The lowest BCUT2D eigenvalue weighted by Crippen LogP contribution is -2.04. The highest BCUT2D eigenvalue weighted by molar-refractivity contribution is 5.57. The van der Waals surface area contributed by atoms with Gasteiger partial charge in [-0.1, -0.05) is 0 Å². The lowest BCUT2D eigenvalue weighted by atomic mass is 10.2. The number of ether oxygens (including phenoxy) is 2. The fraction of sp³-hybridized carbons (Fsp3) is 0.400. The molecule has 0 N–H and O–H groups in total. The van der Waals surface area contributed by atoms with Crippen LogP contribution in [0.5, 0.6) is 5.75 Å². The highest BCUT2D eigenvalue weighted by atomic mass is 16.5. The molecule has 102 valence electrons. The first-order valence-corrected chi connectivity index (χ1v) is 6.47. The maximum Gasteiger partial charge on any atom is 0.140 e. The van der Waals surface area contributed by atoms with Gasteiger partial charge in [-0.25, -0.2) is 4.98 Å². The van der Waals surface area contributed by atoms with Gasteiger partial charge in [-0.15, -0.1) is 0 Å². The standard InChI is InChI=1S/C15H20N2O2/c1-12(2)17-9-8-16-15(17)13-4-6-14(7-5-13)19-11-10-18-3/h4-9,12H,10-11H2,1-3H3. The molecule has 4 nitrogen and oxygen atoms in total. The third kappa shape index (κ3) is 3.35. The summed E-state index contributed by atoms with van der Waals surface area (Å²) in [6.07, 6.45) is 3.83. The Labute approximate surface area is 114 Å². The minimum atomic E-state index is 0.398. The van der Waals surface area contributed by atoms with Gasteiger partial charge in [0.2, 0.25) is 0 Å². The van der Waals surface area contributed by atoms with Crippen molar-refractivity contribution in [1.82, 2.24) is 9.55 Å². The summed E-state index contributed by atoms with van der Waals surface area (Å²) >= 11 is 0. The van der Waals surface area contributed by atoms with Gasteiger partial charge in [-0.05, 0) is 38.1 Å². The van der Waals surface area contributed by atoms with Gasteiger partial charge >= 0.3 is 0 Å². The molecule has 0 saturated heterocycles. The summed E-state index contributed by atoms with van der Waals surface area (Å²) in [5.41, 5.74) is 1.10. The molecule has 0 radical (unpaired) electrons. The molecule has 1 heterocycles. The third-order valence-electron chi connectivity index (χ3n) is 2.89. The van der Waals surface area contributed by atoms with Crippen LogP contribution in [0.3, 0.4) is 0 Å². The first-order chi connectivity index (χ1) is 9.22. The molecule has 0 aliphatic heterocycles. The highest BCUT2D eigenvalue weighted by Gasteiger charge is 2.08. The van der Waals surface area contributed by atoms with E-state index < -0.39 is 0 Å². The molecule has 0 aliphatic rings. The molecule has 0 amide bonds. The Morgan fingerprint density at radius 3 is 2.53 bits per heavy atom. The Kier molecular flexibility index (Phi) is 4.58. The first kappa shape index (κ1) is 13.6. The van der Waals surface area contributed by atoms with E-state index in [9.17, 15) is 0 Å². The quantitative estimate of drug-likeness (QED) is 0.749. The molecule has 1 aromatic heterocycles. The average molecular weight is 260 g/mol. The highest BCUT2D eigenvalue weighted by Crippen LogP contribution is 2.23. The second-order valence-corrected chi connectivity index (χ2v) is 4.62. The van der Waals surface area contributed by atoms with Gasteiger partial charge in [0.05, 0.1) is 6.61 Å². The lowest BCUT2D eigenvalue weighted by molar-refractivity contribution is 0.146. The molecular formula is C15H20N2O2. The maximum absolute atomic E-state index is 5.54. The molecule has 0 saturated carbocycles. The van der Waals surface area contributed by atoms with E-state index in [0.717, 1.165) is 17.1 Å². The van der Waals surface area contributed by atoms with Crippen molar-refractivity contribution in [3.8, 4) is 17.1 Å². The summed E-state index contributed by atoms with van der Waals surface area (Å²) in [5.74, 6) is 1.84. The molecule has 1 aromatic carbocycles. The summed E-state index contributed by atoms with van der Waals surface area (Å²) < 4.78 is 12.6. The van der Waals surface area contributed by atoms with E-state index in [0.29, 0.717) is 19.3 Å². The maximum atomic E-state index is 5.54. The van der Waals surface area contributed by atoms with Crippen LogP contribution < -0.4 is 4.74 Å². The van der Waals surface area contributed by atoms with Gasteiger partial charge in [-0.3, -0.25) is 0 Å². The largest absolute Gasteiger partial charge is 0.491 e. The average Bonchev–Trinajstić information content (AvgIpc) is 2.89. The zero-order valence-corrected chi connectivity index (χ0v) is 11.7. The SMILES string of the molecule is COCCOc1ccc(-c2nccn2C(C)C)cc1. The van der Waals surface area contributed by atoms with Crippen LogP contribution in [-0.2, 0) is 4.74 Å². The third-order valence-corrected chi connectivity index (χ3v) is 2.89. The number of imidazole rings is 1. The van der Waals surface area contributed by atoms with Crippen LogP contribution in [0.1, 0.15) is 19.9 Å². The Morgan fingerprint density at radius 2 is 1.89 bits per heavy atom. The predicted molar refractivity (Wildman–Crippen MR) is 75.4 cm³/mol. The first-order valence-electron chi connectivity index (χ1n) is 6.47. The molecule has 19 heavy (non-hydrogen) atoms. The monoisotopic (exact) mass is 260 g/mol. The fourth-order valence-corrected chi connectivity index (χ4v) is 1.90. The summed E-state index contributed by atoms with van der Waals surface area (Å²) in [5, 5.41) is 0. The van der Waals surface area contributed by atoms with Gasteiger partial charge in [0.1, 0.15) is 18.2 Å². The van der Waals surface area contributed by atoms with E-state index >= 15 is 0 Å². The molecule has 2 rings (SSSR count). The number of aromatic nitrogens is 2. The molecule has 0 atom stereocenters. The summed E-state index contributed by atoms with van der Waals surface area (Å²) in [4.78, 5) is 4.41. The Hall–Kier alpha value is -1.81.